The third-order valence-corrected chi connectivity index (χ3v) is 4.76. The van der Waals surface area contributed by atoms with E-state index >= 15 is 0 Å². The van der Waals surface area contributed by atoms with E-state index in [1.165, 1.54) is 24.3 Å². The highest BCUT2D eigenvalue weighted by molar-refractivity contribution is 6.04. The summed E-state index contributed by atoms with van der Waals surface area (Å²) in [5.41, 5.74) is -1.65. The highest BCUT2D eigenvalue weighted by Crippen LogP contribution is 2.33. The molecular formula is C23H16F4N6O2. The maximum Gasteiger partial charge on any atom is 0.435 e. The maximum absolute atomic E-state index is 13.8. The van der Waals surface area contributed by atoms with Gasteiger partial charge in [-0.15, -0.1) is 5.10 Å². The molecule has 0 aliphatic heterocycles. The third kappa shape index (κ3) is 5.49. The summed E-state index contributed by atoms with van der Waals surface area (Å²) in [4.78, 5) is 29.2. The molecule has 2 aromatic carbocycles. The van der Waals surface area contributed by atoms with Crippen LogP contribution in [0.2, 0.25) is 0 Å². The van der Waals surface area contributed by atoms with Gasteiger partial charge in [0, 0.05) is 17.4 Å². The highest BCUT2D eigenvalue weighted by atomic mass is 19.4. The number of rotatable bonds is 6. The van der Waals surface area contributed by atoms with Crippen molar-refractivity contribution in [3.8, 4) is 5.69 Å². The zero-order valence-electron chi connectivity index (χ0n) is 17.8. The molecule has 0 aliphatic rings. The first-order valence-corrected chi connectivity index (χ1v) is 10.1. The molecule has 4 aromatic rings. The van der Waals surface area contributed by atoms with Crippen LogP contribution in [0.3, 0.4) is 0 Å². The number of amides is 2. The molecule has 0 radical (unpaired) electrons. The third-order valence-electron chi connectivity index (χ3n) is 4.76. The molecular weight excluding hydrogens is 468 g/mol. The fraction of sp³-hybridized carbons (Fsp3) is 0.0870. The molecule has 8 nitrogen and oxygen atoms in total. The standard InChI is InChI=1S/C23H16F4N6O2/c24-15-7-9-18(10-8-15)33-20(23(25,26)27)19(31-32-33)22(35)30-16-6-3-4-14(12-16)21(34)29-13-17-5-1-2-11-28-17/h1-12H,13H2,(H,29,34)(H,30,35). The zero-order valence-corrected chi connectivity index (χ0v) is 17.8. The molecule has 2 N–H and O–H groups in total. The molecule has 0 fully saturated rings. The summed E-state index contributed by atoms with van der Waals surface area (Å²) in [5.74, 6) is -2.30. The van der Waals surface area contributed by atoms with E-state index < -0.39 is 35.2 Å². The van der Waals surface area contributed by atoms with Gasteiger partial charge in [-0.3, -0.25) is 14.6 Å². The van der Waals surface area contributed by atoms with Crippen LogP contribution in [0.25, 0.3) is 5.69 Å². The molecule has 4 rings (SSSR count). The Bertz CT molecular complexity index is 1350. The first-order chi connectivity index (χ1) is 16.7. The van der Waals surface area contributed by atoms with Gasteiger partial charge in [0.1, 0.15) is 5.82 Å². The molecule has 0 spiro atoms. The average Bonchev–Trinajstić information content (AvgIpc) is 3.30. The number of halogens is 4. The Kier molecular flexibility index (Phi) is 6.53. The van der Waals surface area contributed by atoms with Gasteiger partial charge in [-0.05, 0) is 54.6 Å². The lowest BCUT2D eigenvalue weighted by Crippen LogP contribution is -2.24. The van der Waals surface area contributed by atoms with E-state index in [1.54, 1.807) is 24.4 Å². The molecule has 0 atom stereocenters. The number of nitrogens with zero attached hydrogens (tertiary/aromatic N) is 4. The second-order valence-corrected chi connectivity index (χ2v) is 7.21. The largest absolute Gasteiger partial charge is 0.435 e. The minimum absolute atomic E-state index is 0.0740. The van der Waals surface area contributed by atoms with E-state index in [2.05, 4.69) is 25.9 Å². The summed E-state index contributed by atoms with van der Waals surface area (Å²) in [6.45, 7) is 0.164. The van der Waals surface area contributed by atoms with Crippen molar-refractivity contribution < 1.29 is 27.2 Å². The summed E-state index contributed by atoms with van der Waals surface area (Å²) in [5, 5.41) is 11.8. The van der Waals surface area contributed by atoms with E-state index in [1.807, 2.05) is 0 Å². The summed E-state index contributed by atoms with van der Waals surface area (Å²) >= 11 is 0. The number of hydrogen-bond donors (Lipinski definition) is 2. The van der Waals surface area contributed by atoms with Crippen molar-refractivity contribution >= 4 is 17.5 Å². The first-order valence-electron chi connectivity index (χ1n) is 10.1. The smallest absolute Gasteiger partial charge is 0.346 e. The average molecular weight is 484 g/mol. The Hall–Kier alpha value is -4.61. The van der Waals surface area contributed by atoms with Crippen LogP contribution >= 0.6 is 0 Å². The van der Waals surface area contributed by atoms with Crippen LogP contribution in [0.15, 0.2) is 72.9 Å². The lowest BCUT2D eigenvalue weighted by molar-refractivity contribution is -0.143. The number of pyridine rings is 1. The predicted molar refractivity (Wildman–Crippen MR) is 116 cm³/mol. The number of nitrogens with one attached hydrogen (secondary N) is 2. The summed E-state index contributed by atoms with van der Waals surface area (Å²) in [6, 6.07) is 15.0. The molecule has 0 bridgehead atoms. The summed E-state index contributed by atoms with van der Waals surface area (Å²) in [6.07, 6.45) is -3.41. The SMILES string of the molecule is O=C(NCc1ccccn1)c1cccc(NC(=O)c2nnn(-c3ccc(F)cc3)c2C(F)(F)F)c1. The van der Waals surface area contributed by atoms with Gasteiger partial charge in [0.2, 0.25) is 0 Å². The van der Waals surface area contributed by atoms with Crippen molar-refractivity contribution in [2.75, 3.05) is 5.32 Å². The fourth-order valence-electron chi connectivity index (χ4n) is 3.16. The van der Waals surface area contributed by atoms with Crippen LogP contribution in [0.5, 0.6) is 0 Å². The van der Waals surface area contributed by atoms with Crippen LogP contribution in [0, 0.1) is 5.82 Å². The minimum atomic E-state index is -4.99. The molecule has 12 heteroatoms. The number of hydrogen-bond acceptors (Lipinski definition) is 5. The van der Waals surface area contributed by atoms with Gasteiger partial charge in [-0.1, -0.05) is 17.3 Å². The van der Waals surface area contributed by atoms with E-state index in [-0.39, 0.29) is 23.5 Å². The Morgan fingerprint density at radius 3 is 2.40 bits per heavy atom. The monoisotopic (exact) mass is 484 g/mol. The fourth-order valence-corrected chi connectivity index (χ4v) is 3.16. The van der Waals surface area contributed by atoms with Crippen molar-refractivity contribution in [2.24, 2.45) is 0 Å². The summed E-state index contributed by atoms with van der Waals surface area (Å²) in [7, 11) is 0. The molecule has 0 aliphatic carbocycles. The van der Waals surface area contributed by atoms with Gasteiger partial charge in [0.05, 0.1) is 17.9 Å². The van der Waals surface area contributed by atoms with E-state index in [4.69, 9.17) is 0 Å². The van der Waals surface area contributed by atoms with Crippen molar-refractivity contribution in [1.29, 1.82) is 0 Å². The minimum Gasteiger partial charge on any atom is -0.346 e. The highest BCUT2D eigenvalue weighted by Gasteiger charge is 2.42. The Morgan fingerprint density at radius 1 is 0.943 bits per heavy atom. The number of benzene rings is 2. The molecule has 2 aromatic heterocycles. The number of carbonyl (C=O) groups excluding carboxylic acids is 2. The number of anilines is 1. The van der Waals surface area contributed by atoms with Gasteiger partial charge in [-0.25, -0.2) is 9.07 Å². The predicted octanol–water partition coefficient (Wildman–Crippen LogP) is 4.00. The van der Waals surface area contributed by atoms with Gasteiger partial charge < -0.3 is 10.6 Å². The maximum atomic E-state index is 13.8. The summed E-state index contributed by atoms with van der Waals surface area (Å²) < 4.78 is 55.0. The Labute approximate surface area is 195 Å². The van der Waals surface area contributed by atoms with Gasteiger partial charge in [0.15, 0.2) is 11.4 Å². The van der Waals surface area contributed by atoms with Crippen molar-refractivity contribution in [1.82, 2.24) is 25.3 Å². The number of alkyl halides is 3. The van der Waals surface area contributed by atoms with Gasteiger partial charge in [-0.2, -0.15) is 13.2 Å². The van der Waals surface area contributed by atoms with Crippen molar-refractivity contribution in [2.45, 2.75) is 12.7 Å². The molecule has 35 heavy (non-hydrogen) atoms. The second kappa shape index (κ2) is 9.71. The van der Waals surface area contributed by atoms with Crippen molar-refractivity contribution in [3.63, 3.8) is 0 Å². The van der Waals surface area contributed by atoms with E-state index in [9.17, 15) is 27.2 Å². The Morgan fingerprint density at radius 2 is 1.71 bits per heavy atom. The molecule has 2 heterocycles. The lowest BCUT2D eigenvalue weighted by Gasteiger charge is -2.12. The van der Waals surface area contributed by atoms with Crippen LogP contribution < -0.4 is 10.6 Å². The normalized spacial score (nSPS) is 11.2. The van der Waals surface area contributed by atoms with E-state index in [0.29, 0.717) is 10.4 Å². The number of carbonyl (C=O) groups is 2. The lowest BCUT2D eigenvalue weighted by atomic mass is 10.1. The van der Waals surface area contributed by atoms with Crippen LogP contribution in [-0.2, 0) is 12.7 Å². The molecule has 0 saturated carbocycles. The van der Waals surface area contributed by atoms with Gasteiger partial charge >= 0.3 is 6.18 Å². The Balaban J connectivity index is 1.54. The van der Waals surface area contributed by atoms with Crippen molar-refractivity contribution in [3.05, 3.63) is 101 Å². The molecule has 178 valence electrons. The second-order valence-electron chi connectivity index (χ2n) is 7.21. The zero-order chi connectivity index (χ0) is 25.0. The van der Waals surface area contributed by atoms with Crippen LogP contribution in [0.4, 0.5) is 23.2 Å². The molecule has 0 saturated heterocycles. The quantitative estimate of drug-likeness (QED) is 0.403. The van der Waals surface area contributed by atoms with Crippen LogP contribution in [0.1, 0.15) is 32.2 Å². The topological polar surface area (TPSA) is 102 Å². The van der Waals surface area contributed by atoms with Gasteiger partial charge in [0.25, 0.3) is 11.8 Å². The number of aromatic nitrogens is 4. The van der Waals surface area contributed by atoms with E-state index in [0.717, 1.165) is 24.3 Å². The molecule has 0 unspecified atom stereocenters. The molecule has 2 amide bonds. The van der Waals surface area contributed by atoms with Crippen LogP contribution in [-0.4, -0.2) is 31.8 Å². The first kappa shape index (κ1) is 23.5.